The predicted octanol–water partition coefficient (Wildman–Crippen LogP) is -0.287. The Morgan fingerprint density at radius 3 is 1.93 bits per heavy atom. The molecule has 0 aromatic carbocycles. The molecule has 0 atom stereocenters. The maximum atomic E-state index is 10.1. The maximum Gasteiger partial charge on any atom is 0.394 e. The third-order valence-corrected chi connectivity index (χ3v) is 0.985. The average Bonchev–Trinajstić information content (AvgIpc) is 1.96. The molecule has 0 radical (unpaired) electrons. The summed E-state index contributed by atoms with van der Waals surface area (Å²) in [7, 11) is -4.67. The van der Waals surface area contributed by atoms with Crippen LogP contribution in [0.15, 0.2) is 12.2 Å². The van der Waals surface area contributed by atoms with Crippen molar-refractivity contribution in [3.05, 3.63) is 12.2 Å². The van der Waals surface area contributed by atoms with Gasteiger partial charge in [0.25, 0.3) is 0 Å². The van der Waals surface area contributed by atoms with Gasteiger partial charge < -0.3 is 10.8 Å². The number of rotatable bonds is 4. The van der Waals surface area contributed by atoms with Crippen LogP contribution in [-0.4, -0.2) is 35.1 Å². The van der Waals surface area contributed by atoms with Gasteiger partial charge in [-0.1, -0.05) is 6.58 Å². The Balaban J connectivity index is 0. The summed E-state index contributed by atoms with van der Waals surface area (Å²) in [5.41, 5.74) is 5.38. The molecule has 0 aliphatic carbocycles. The molecule has 0 spiro atoms. The second kappa shape index (κ2) is 7.44. The van der Waals surface area contributed by atoms with E-state index in [0.29, 0.717) is 19.4 Å². The first kappa shape index (κ1) is 15.5. The monoisotopic (exact) mass is 227 g/mol. The van der Waals surface area contributed by atoms with Crippen molar-refractivity contribution < 1.29 is 27.4 Å². The van der Waals surface area contributed by atoms with Crippen LogP contribution in [0.5, 0.6) is 0 Å². The highest BCUT2D eigenvalue weighted by atomic mass is 32.3. The number of carboxylic acid groups (broad SMARTS) is 1. The van der Waals surface area contributed by atoms with Gasteiger partial charge in [0, 0.05) is 5.57 Å². The van der Waals surface area contributed by atoms with Crippen LogP contribution >= 0.6 is 0 Å². The summed E-state index contributed by atoms with van der Waals surface area (Å²) < 4.78 is 31.6. The van der Waals surface area contributed by atoms with Crippen molar-refractivity contribution in [1.82, 2.24) is 0 Å². The number of carboxylic acids is 1. The Morgan fingerprint density at radius 1 is 1.36 bits per heavy atom. The molecule has 0 aromatic rings. The minimum atomic E-state index is -4.67. The van der Waals surface area contributed by atoms with Crippen LogP contribution < -0.4 is 5.73 Å². The van der Waals surface area contributed by atoms with Gasteiger partial charge in [-0.2, -0.15) is 8.42 Å². The number of carbonyl (C=O) groups is 1. The van der Waals surface area contributed by atoms with Gasteiger partial charge in [0.05, 0.1) is 0 Å². The highest BCUT2D eigenvalue weighted by Crippen LogP contribution is 1.99. The molecule has 0 heterocycles. The molecule has 14 heavy (non-hydrogen) atoms. The molecule has 0 aliphatic rings. The van der Waals surface area contributed by atoms with Gasteiger partial charge in [-0.3, -0.25) is 9.11 Å². The Morgan fingerprint density at radius 2 is 1.71 bits per heavy atom. The molecule has 0 aliphatic heterocycles. The normalized spacial score (nSPS) is 9.93. The zero-order chi connectivity index (χ0) is 11.8. The lowest BCUT2D eigenvalue weighted by atomic mass is 10.2. The minimum Gasteiger partial charge on any atom is -0.478 e. The second-order valence-electron chi connectivity index (χ2n) is 2.25. The van der Waals surface area contributed by atoms with Crippen molar-refractivity contribution in [2.45, 2.75) is 12.8 Å². The molecule has 7 nitrogen and oxygen atoms in total. The predicted molar refractivity (Wildman–Crippen MR) is 49.2 cm³/mol. The molecule has 0 fully saturated rings. The van der Waals surface area contributed by atoms with E-state index < -0.39 is 16.4 Å². The van der Waals surface area contributed by atoms with E-state index in [0.717, 1.165) is 0 Å². The van der Waals surface area contributed by atoms with E-state index in [1.54, 1.807) is 0 Å². The van der Waals surface area contributed by atoms with E-state index >= 15 is 0 Å². The summed E-state index contributed by atoms with van der Waals surface area (Å²) in [6, 6.07) is 0. The maximum absolute atomic E-state index is 10.1. The van der Waals surface area contributed by atoms with Crippen molar-refractivity contribution in [3.8, 4) is 0 Å². The summed E-state index contributed by atoms with van der Waals surface area (Å²) in [4.78, 5) is 10.1. The Hall–Kier alpha value is -0.960. The molecule has 0 aromatic heterocycles. The van der Waals surface area contributed by atoms with Crippen LogP contribution in [0.4, 0.5) is 0 Å². The highest BCUT2D eigenvalue weighted by Gasteiger charge is 2.00. The van der Waals surface area contributed by atoms with Gasteiger partial charge in [-0.25, -0.2) is 4.79 Å². The summed E-state index contributed by atoms with van der Waals surface area (Å²) in [6.07, 6.45) is 1.19. The molecule has 0 unspecified atom stereocenters. The third kappa shape index (κ3) is 22.5. The van der Waals surface area contributed by atoms with Crippen LogP contribution in [0.1, 0.15) is 12.8 Å². The van der Waals surface area contributed by atoms with Crippen molar-refractivity contribution in [2.24, 2.45) is 5.73 Å². The third-order valence-electron chi connectivity index (χ3n) is 0.985. The van der Waals surface area contributed by atoms with Crippen molar-refractivity contribution in [3.63, 3.8) is 0 Å². The van der Waals surface area contributed by atoms with Crippen molar-refractivity contribution >= 4 is 16.4 Å². The number of hydrogen-bond donors (Lipinski definition) is 4. The highest BCUT2D eigenvalue weighted by molar-refractivity contribution is 7.79. The fourth-order valence-corrected chi connectivity index (χ4v) is 0.422. The Bertz CT molecular complexity index is 275. The van der Waals surface area contributed by atoms with Crippen LogP contribution in [0, 0.1) is 0 Å². The van der Waals surface area contributed by atoms with E-state index in [1.165, 1.54) is 0 Å². The van der Waals surface area contributed by atoms with E-state index in [9.17, 15) is 4.79 Å². The first-order valence-electron chi connectivity index (χ1n) is 3.49. The quantitative estimate of drug-likeness (QED) is 0.382. The summed E-state index contributed by atoms with van der Waals surface area (Å²) in [5.74, 6) is -0.927. The fourth-order valence-electron chi connectivity index (χ4n) is 0.422. The zero-order valence-corrected chi connectivity index (χ0v) is 8.20. The standard InChI is InChI=1S/C6H11NO2.H2O4S/c1-5(6(8)9)3-2-4-7;1-5(2,3)4/h1-4,7H2,(H,8,9);(H2,1,2,3,4). The van der Waals surface area contributed by atoms with Gasteiger partial charge in [0.1, 0.15) is 0 Å². The summed E-state index contributed by atoms with van der Waals surface area (Å²) in [5, 5.41) is 8.27. The average molecular weight is 227 g/mol. The van der Waals surface area contributed by atoms with Crippen LogP contribution in [0.2, 0.25) is 0 Å². The summed E-state index contributed by atoms with van der Waals surface area (Å²) >= 11 is 0. The minimum absolute atomic E-state index is 0.237. The Labute approximate surface area is 81.8 Å². The zero-order valence-electron chi connectivity index (χ0n) is 7.38. The first-order chi connectivity index (χ1) is 6.18. The summed E-state index contributed by atoms with van der Waals surface area (Å²) in [6.45, 7) is 3.86. The molecular weight excluding hydrogens is 214 g/mol. The Kier molecular flexibility index (Phi) is 8.25. The van der Waals surface area contributed by atoms with Crippen molar-refractivity contribution in [2.75, 3.05) is 6.54 Å². The van der Waals surface area contributed by atoms with Crippen LogP contribution in [-0.2, 0) is 15.2 Å². The van der Waals surface area contributed by atoms with Gasteiger partial charge in [0.15, 0.2) is 0 Å². The number of nitrogens with two attached hydrogens (primary N) is 1. The molecule has 0 saturated heterocycles. The smallest absolute Gasteiger partial charge is 0.394 e. The topological polar surface area (TPSA) is 138 Å². The fraction of sp³-hybridized carbons (Fsp3) is 0.500. The molecule has 5 N–H and O–H groups in total. The molecule has 84 valence electrons. The molecule has 0 rings (SSSR count). The van der Waals surface area contributed by atoms with Crippen LogP contribution in [0.25, 0.3) is 0 Å². The number of hydrogen-bond acceptors (Lipinski definition) is 4. The van der Waals surface area contributed by atoms with Crippen molar-refractivity contribution in [1.29, 1.82) is 0 Å². The molecule has 0 amide bonds. The van der Waals surface area contributed by atoms with Gasteiger partial charge in [0.2, 0.25) is 0 Å². The molecule has 0 bridgehead atoms. The molecular formula is C6H13NO6S. The van der Waals surface area contributed by atoms with Gasteiger partial charge in [-0.05, 0) is 19.4 Å². The lowest BCUT2D eigenvalue weighted by molar-refractivity contribution is -0.132. The SMILES string of the molecule is C=C(CCCN)C(=O)O.O=S(=O)(O)O. The lowest BCUT2D eigenvalue weighted by Crippen LogP contribution is -2.03. The van der Waals surface area contributed by atoms with E-state index in [4.69, 9.17) is 28.4 Å². The lowest BCUT2D eigenvalue weighted by Gasteiger charge is -1.95. The molecule has 8 heteroatoms. The van der Waals surface area contributed by atoms with E-state index in [-0.39, 0.29) is 5.57 Å². The first-order valence-corrected chi connectivity index (χ1v) is 4.89. The van der Waals surface area contributed by atoms with E-state index in [1.807, 2.05) is 0 Å². The largest absolute Gasteiger partial charge is 0.478 e. The number of aliphatic carboxylic acids is 1. The molecule has 0 saturated carbocycles. The second-order valence-corrected chi connectivity index (χ2v) is 3.14. The van der Waals surface area contributed by atoms with Crippen LogP contribution in [0.3, 0.4) is 0 Å². The van der Waals surface area contributed by atoms with Gasteiger partial charge >= 0.3 is 16.4 Å². The van der Waals surface area contributed by atoms with Gasteiger partial charge in [-0.15, -0.1) is 0 Å². The van der Waals surface area contributed by atoms with E-state index in [2.05, 4.69) is 6.58 Å².